The zero-order valence-electron chi connectivity index (χ0n) is 14.2. The second-order valence-corrected chi connectivity index (χ2v) is 5.29. The largest absolute Gasteiger partial charge is 0.493 e. The van der Waals surface area contributed by atoms with Gasteiger partial charge in [-0.3, -0.25) is 9.59 Å². The highest BCUT2D eigenvalue weighted by Crippen LogP contribution is 2.30. The van der Waals surface area contributed by atoms with Gasteiger partial charge in [-0.2, -0.15) is 0 Å². The van der Waals surface area contributed by atoms with E-state index in [1.807, 2.05) is 0 Å². The van der Waals surface area contributed by atoms with Crippen molar-refractivity contribution in [2.75, 3.05) is 14.2 Å². The highest BCUT2D eigenvalue weighted by molar-refractivity contribution is 5.79. The number of aliphatic hydroxyl groups is 2. The lowest BCUT2D eigenvalue weighted by atomic mass is 10.1. The van der Waals surface area contributed by atoms with Crippen LogP contribution in [0.5, 0.6) is 11.5 Å². The van der Waals surface area contributed by atoms with E-state index < -0.39 is 17.8 Å². The molecule has 2 rings (SSSR count). The maximum absolute atomic E-state index is 11.1. The van der Waals surface area contributed by atoms with Crippen LogP contribution in [0.1, 0.15) is 21.9 Å². The Bertz CT molecular complexity index is 787. The predicted molar refractivity (Wildman–Crippen MR) is 87.5 cm³/mol. The van der Waals surface area contributed by atoms with Gasteiger partial charge in [-0.05, 0) is 30.3 Å². The molecule has 1 amide bonds. The Morgan fingerprint density at radius 1 is 1.31 bits per heavy atom. The number of carbonyl (C=O) groups excluding carboxylic acids is 2. The second-order valence-electron chi connectivity index (χ2n) is 5.29. The lowest BCUT2D eigenvalue weighted by Crippen LogP contribution is -2.48. The van der Waals surface area contributed by atoms with Gasteiger partial charge in [0.2, 0.25) is 0 Å². The van der Waals surface area contributed by atoms with Crippen LogP contribution >= 0.6 is 0 Å². The summed E-state index contributed by atoms with van der Waals surface area (Å²) in [5.74, 6) is -2.81. The zero-order chi connectivity index (χ0) is 19.3. The molecule has 0 aliphatic carbocycles. The molecule has 0 aliphatic rings. The number of hydrogen-bond acceptors (Lipinski definition) is 8. The first kappa shape index (κ1) is 19.4. The number of aldehydes is 1. The van der Waals surface area contributed by atoms with Crippen LogP contribution < -0.4 is 15.2 Å². The van der Waals surface area contributed by atoms with Gasteiger partial charge in [0.1, 0.15) is 18.7 Å². The Hall–Kier alpha value is -2.88. The number of primary amides is 1. The van der Waals surface area contributed by atoms with E-state index in [4.69, 9.17) is 24.4 Å². The summed E-state index contributed by atoms with van der Waals surface area (Å²) in [4.78, 5) is 21.9. The van der Waals surface area contributed by atoms with Gasteiger partial charge in [0, 0.05) is 12.7 Å². The molecule has 0 saturated carbocycles. The van der Waals surface area contributed by atoms with Crippen LogP contribution in [0, 0.1) is 0 Å². The molecule has 0 aliphatic heterocycles. The molecule has 1 aromatic carbocycles. The number of rotatable bonds is 9. The summed E-state index contributed by atoms with van der Waals surface area (Å²) in [7, 11) is 2.52. The van der Waals surface area contributed by atoms with Crippen molar-refractivity contribution in [1.29, 1.82) is 0 Å². The average molecular weight is 365 g/mol. The van der Waals surface area contributed by atoms with Crippen molar-refractivity contribution in [3.05, 3.63) is 47.4 Å². The maximum atomic E-state index is 11.1. The van der Waals surface area contributed by atoms with Crippen molar-refractivity contribution in [3.63, 3.8) is 0 Å². The molecule has 4 N–H and O–H groups in total. The molecule has 0 radical (unpaired) electrons. The molecule has 1 heterocycles. The van der Waals surface area contributed by atoms with Crippen molar-refractivity contribution in [1.82, 2.24) is 0 Å². The molecule has 9 heteroatoms. The number of aliphatic hydroxyl groups excluding tert-OH is 1. The molecule has 9 nitrogen and oxygen atoms in total. The molecule has 0 spiro atoms. The fourth-order valence-corrected chi connectivity index (χ4v) is 2.21. The maximum Gasteiger partial charge on any atom is 0.261 e. The third-order valence-corrected chi connectivity index (χ3v) is 3.66. The minimum atomic E-state index is -2.42. The van der Waals surface area contributed by atoms with Crippen LogP contribution in [0.4, 0.5) is 0 Å². The summed E-state index contributed by atoms with van der Waals surface area (Å²) in [6, 6.07) is 7.43. The summed E-state index contributed by atoms with van der Waals surface area (Å²) in [5, 5.41) is 20.1. The Kier molecular flexibility index (Phi) is 5.98. The van der Waals surface area contributed by atoms with E-state index in [1.54, 1.807) is 12.1 Å². The summed E-state index contributed by atoms with van der Waals surface area (Å²) in [6.45, 7) is -0.0523. The summed E-state index contributed by atoms with van der Waals surface area (Å²) in [5.41, 5.74) is 5.43. The van der Waals surface area contributed by atoms with Crippen molar-refractivity contribution >= 4 is 12.2 Å². The number of hydrogen-bond donors (Lipinski definition) is 3. The highest BCUT2D eigenvalue weighted by Gasteiger charge is 2.44. The van der Waals surface area contributed by atoms with Gasteiger partial charge < -0.3 is 34.6 Å². The first-order valence-corrected chi connectivity index (χ1v) is 7.45. The fraction of sp³-hybridized carbons (Fsp3) is 0.294. The van der Waals surface area contributed by atoms with Crippen molar-refractivity contribution in [3.8, 4) is 11.5 Å². The van der Waals surface area contributed by atoms with E-state index in [9.17, 15) is 19.8 Å². The molecule has 140 valence electrons. The number of furan rings is 1. The number of amides is 1. The van der Waals surface area contributed by atoms with Gasteiger partial charge in [-0.25, -0.2) is 0 Å². The molecule has 2 atom stereocenters. The number of carbonyl (C=O) groups is 2. The van der Waals surface area contributed by atoms with Gasteiger partial charge >= 0.3 is 0 Å². The van der Waals surface area contributed by atoms with Crippen LogP contribution in [0.15, 0.2) is 34.7 Å². The van der Waals surface area contributed by atoms with E-state index in [2.05, 4.69) is 0 Å². The molecule has 2 aromatic rings. The van der Waals surface area contributed by atoms with E-state index >= 15 is 0 Å². The SMILES string of the molecule is COc1cc(C=O)ccc1OCc1ccc(C(O)(OC)C(O)C(N)=O)o1. The van der Waals surface area contributed by atoms with Gasteiger partial charge in [-0.15, -0.1) is 0 Å². The smallest absolute Gasteiger partial charge is 0.261 e. The lowest BCUT2D eigenvalue weighted by molar-refractivity contribution is -0.255. The molecule has 26 heavy (non-hydrogen) atoms. The quantitative estimate of drug-likeness (QED) is 0.426. The van der Waals surface area contributed by atoms with E-state index in [-0.39, 0.29) is 18.1 Å². The Morgan fingerprint density at radius 2 is 2.04 bits per heavy atom. The molecule has 0 fully saturated rings. The molecule has 0 saturated heterocycles. The van der Waals surface area contributed by atoms with Gasteiger partial charge in [0.15, 0.2) is 23.4 Å². The topological polar surface area (TPSA) is 141 Å². The first-order valence-electron chi connectivity index (χ1n) is 7.45. The highest BCUT2D eigenvalue weighted by atomic mass is 16.6. The summed E-state index contributed by atoms with van der Waals surface area (Å²) in [6.07, 6.45) is -1.34. The minimum absolute atomic E-state index is 0.0523. The third kappa shape index (κ3) is 3.85. The fourth-order valence-electron chi connectivity index (χ4n) is 2.21. The molecular weight excluding hydrogens is 346 g/mol. The first-order chi connectivity index (χ1) is 12.3. The predicted octanol–water partition coefficient (Wildman–Crippen LogP) is 0.317. The van der Waals surface area contributed by atoms with Gasteiger partial charge in [-0.1, -0.05) is 0 Å². The van der Waals surface area contributed by atoms with Crippen LogP contribution in [0.2, 0.25) is 0 Å². The number of ether oxygens (including phenoxy) is 3. The van der Waals surface area contributed by atoms with E-state index in [0.29, 0.717) is 23.3 Å². The Balaban J connectivity index is 2.16. The lowest BCUT2D eigenvalue weighted by Gasteiger charge is -2.27. The van der Waals surface area contributed by atoms with E-state index in [0.717, 1.165) is 7.11 Å². The zero-order valence-corrected chi connectivity index (χ0v) is 14.2. The molecular formula is C17H19NO8. The normalized spacial score (nSPS) is 14.3. The Morgan fingerprint density at radius 3 is 2.62 bits per heavy atom. The minimum Gasteiger partial charge on any atom is -0.493 e. The summed E-state index contributed by atoms with van der Waals surface area (Å²) < 4.78 is 20.9. The van der Waals surface area contributed by atoms with Gasteiger partial charge in [0.25, 0.3) is 11.7 Å². The number of benzene rings is 1. The summed E-state index contributed by atoms with van der Waals surface area (Å²) >= 11 is 0. The number of nitrogens with two attached hydrogens (primary N) is 1. The monoisotopic (exact) mass is 365 g/mol. The standard InChI is InChI=1S/C17H19NO8/c1-23-13-7-10(8-19)3-5-12(13)25-9-11-4-6-14(26-11)17(22,24-2)15(20)16(18)21/h3-8,15,20,22H,9H2,1-2H3,(H2,18,21). The van der Waals surface area contributed by atoms with Crippen molar-refractivity contribution in [2.45, 2.75) is 18.5 Å². The van der Waals surface area contributed by atoms with Crippen LogP contribution in [-0.4, -0.2) is 42.7 Å². The van der Waals surface area contributed by atoms with Crippen molar-refractivity contribution < 1.29 is 38.4 Å². The average Bonchev–Trinajstić information content (AvgIpc) is 3.14. The molecule has 0 bridgehead atoms. The van der Waals surface area contributed by atoms with Crippen LogP contribution in [0.25, 0.3) is 0 Å². The number of methoxy groups -OCH3 is 2. The Labute approximate surface area is 148 Å². The van der Waals surface area contributed by atoms with Crippen LogP contribution in [-0.2, 0) is 21.9 Å². The second kappa shape index (κ2) is 8.00. The van der Waals surface area contributed by atoms with Gasteiger partial charge in [0.05, 0.1) is 7.11 Å². The third-order valence-electron chi connectivity index (χ3n) is 3.66. The van der Waals surface area contributed by atoms with Crippen LogP contribution in [0.3, 0.4) is 0 Å². The molecule has 2 unspecified atom stereocenters. The molecule has 1 aromatic heterocycles. The van der Waals surface area contributed by atoms with Crippen molar-refractivity contribution in [2.24, 2.45) is 5.73 Å². The van der Waals surface area contributed by atoms with E-state index in [1.165, 1.54) is 25.3 Å².